The molecule has 0 unspecified atom stereocenters. The Labute approximate surface area is 76.4 Å². The van der Waals surface area contributed by atoms with Crippen molar-refractivity contribution in [3.05, 3.63) is 29.6 Å². The minimum atomic E-state index is -0.301. The lowest BCUT2D eigenvalue weighted by molar-refractivity contribution is 0.111. The Balaban J connectivity index is 2.81. The maximum Gasteiger partial charge on any atom is 0.168 e. The number of aliphatic hydroxyl groups is 1. The van der Waals surface area contributed by atoms with E-state index in [0.29, 0.717) is 24.1 Å². The van der Waals surface area contributed by atoms with Gasteiger partial charge in [-0.2, -0.15) is 0 Å². The number of nitrogens with two attached hydrogens (primary N) is 1. The Hall–Kier alpha value is -1.26. The molecular formula is C9H12N2O2. The molecule has 70 valence electrons. The van der Waals surface area contributed by atoms with Crippen LogP contribution in [0.25, 0.3) is 0 Å². The summed E-state index contributed by atoms with van der Waals surface area (Å²) in [6.07, 6.45) is 1.13. The smallest absolute Gasteiger partial charge is 0.168 e. The molecular weight excluding hydrogens is 168 g/mol. The van der Waals surface area contributed by atoms with Crippen LogP contribution in [0.5, 0.6) is 0 Å². The molecule has 0 amide bonds. The molecule has 13 heavy (non-hydrogen) atoms. The van der Waals surface area contributed by atoms with E-state index in [9.17, 15) is 4.79 Å². The zero-order valence-corrected chi connectivity index (χ0v) is 7.18. The van der Waals surface area contributed by atoms with E-state index in [0.717, 1.165) is 0 Å². The summed E-state index contributed by atoms with van der Waals surface area (Å²) in [6.45, 7) is 0.0220. The number of aliphatic hydroxyl groups excluding tert-OH is 1. The van der Waals surface area contributed by atoms with Crippen LogP contribution in [-0.2, 0) is 0 Å². The molecule has 0 saturated heterocycles. The highest BCUT2D eigenvalue weighted by Crippen LogP contribution is 2.10. The molecule has 4 heteroatoms. The second-order valence-electron chi connectivity index (χ2n) is 2.72. The molecule has 1 heterocycles. The summed E-state index contributed by atoms with van der Waals surface area (Å²) in [5, 5.41) is 8.65. The Bertz CT molecular complexity index is 289. The monoisotopic (exact) mass is 180 g/mol. The first-order valence-electron chi connectivity index (χ1n) is 4.06. The molecule has 0 aromatic carbocycles. The van der Waals surface area contributed by atoms with Gasteiger partial charge in [-0.1, -0.05) is 6.07 Å². The summed E-state index contributed by atoms with van der Waals surface area (Å²) in [6, 6.07) is 4.78. The quantitative estimate of drug-likeness (QED) is 0.652. The Morgan fingerprint density at radius 2 is 2.38 bits per heavy atom. The van der Waals surface area contributed by atoms with Gasteiger partial charge in [0.05, 0.1) is 5.69 Å². The molecule has 0 spiro atoms. The van der Waals surface area contributed by atoms with E-state index in [1.165, 1.54) is 0 Å². The predicted molar refractivity (Wildman–Crippen MR) is 48.3 cm³/mol. The molecule has 3 N–H and O–H groups in total. The number of pyridine rings is 1. The number of hydrogen-bond donors (Lipinski definition) is 2. The second-order valence-corrected chi connectivity index (χ2v) is 2.72. The van der Waals surface area contributed by atoms with Gasteiger partial charge in [0.25, 0.3) is 0 Å². The Kier molecular flexibility index (Phi) is 3.54. The summed E-state index contributed by atoms with van der Waals surface area (Å²) < 4.78 is 0. The van der Waals surface area contributed by atoms with Crippen LogP contribution in [0.2, 0.25) is 0 Å². The largest absolute Gasteiger partial charge is 0.396 e. The first-order chi connectivity index (χ1) is 6.27. The van der Waals surface area contributed by atoms with Gasteiger partial charge in [-0.05, 0) is 18.6 Å². The SMILES string of the molecule is N[C@H](CCO)c1cccc(C=O)n1. The van der Waals surface area contributed by atoms with Crippen molar-refractivity contribution in [2.45, 2.75) is 12.5 Å². The fourth-order valence-corrected chi connectivity index (χ4v) is 1.03. The number of rotatable bonds is 4. The summed E-state index contributed by atoms with van der Waals surface area (Å²) in [5.41, 5.74) is 6.69. The van der Waals surface area contributed by atoms with Gasteiger partial charge in [-0.15, -0.1) is 0 Å². The van der Waals surface area contributed by atoms with Crippen molar-refractivity contribution in [2.75, 3.05) is 6.61 Å². The van der Waals surface area contributed by atoms with Crippen LogP contribution in [0.3, 0.4) is 0 Å². The molecule has 0 bridgehead atoms. The van der Waals surface area contributed by atoms with Crippen LogP contribution in [0.4, 0.5) is 0 Å². The van der Waals surface area contributed by atoms with Crippen LogP contribution in [0.15, 0.2) is 18.2 Å². The van der Waals surface area contributed by atoms with Crippen molar-refractivity contribution in [1.82, 2.24) is 4.98 Å². The van der Waals surface area contributed by atoms with Gasteiger partial charge in [0.15, 0.2) is 6.29 Å². The fourth-order valence-electron chi connectivity index (χ4n) is 1.03. The molecule has 0 aliphatic carbocycles. The van der Waals surface area contributed by atoms with E-state index >= 15 is 0 Å². The molecule has 0 aliphatic rings. The third-order valence-corrected chi connectivity index (χ3v) is 1.73. The van der Waals surface area contributed by atoms with Crippen molar-refractivity contribution in [2.24, 2.45) is 5.73 Å². The molecule has 1 rings (SSSR count). The van der Waals surface area contributed by atoms with Crippen LogP contribution in [0.1, 0.15) is 28.6 Å². The first-order valence-corrected chi connectivity index (χ1v) is 4.06. The van der Waals surface area contributed by atoms with E-state index in [1.54, 1.807) is 18.2 Å². The molecule has 0 saturated carbocycles. The van der Waals surface area contributed by atoms with Crippen LogP contribution < -0.4 is 5.73 Å². The van der Waals surface area contributed by atoms with E-state index in [2.05, 4.69) is 4.98 Å². The maximum absolute atomic E-state index is 10.4. The lowest BCUT2D eigenvalue weighted by Gasteiger charge is -2.08. The number of hydrogen-bond acceptors (Lipinski definition) is 4. The van der Waals surface area contributed by atoms with Crippen molar-refractivity contribution in [3.63, 3.8) is 0 Å². The topological polar surface area (TPSA) is 76.2 Å². The highest BCUT2D eigenvalue weighted by Gasteiger charge is 2.06. The van der Waals surface area contributed by atoms with Gasteiger partial charge in [-0.3, -0.25) is 4.79 Å². The van der Waals surface area contributed by atoms with E-state index < -0.39 is 0 Å². The lowest BCUT2D eigenvalue weighted by atomic mass is 10.1. The van der Waals surface area contributed by atoms with Crippen LogP contribution in [-0.4, -0.2) is 23.0 Å². The normalized spacial score (nSPS) is 12.5. The van der Waals surface area contributed by atoms with Crippen LogP contribution in [0, 0.1) is 0 Å². The lowest BCUT2D eigenvalue weighted by Crippen LogP contribution is -2.14. The summed E-state index contributed by atoms with van der Waals surface area (Å²) in [7, 11) is 0. The van der Waals surface area contributed by atoms with Crippen molar-refractivity contribution in [1.29, 1.82) is 0 Å². The molecule has 0 fully saturated rings. The second kappa shape index (κ2) is 4.69. The number of carbonyl (C=O) groups is 1. The summed E-state index contributed by atoms with van der Waals surface area (Å²) >= 11 is 0. The summed E-state index contributed by atoms with van der Waals surface area (Å²) in [4.78, 5) is 14.4. The van der Waals surface area contributed by atoms with E-state index in [4.69, 9.17) is 10.8 Å². The third-order valence-electron chi connectivity index (χ3n) is 1.73. The Morgan fingerprint density at radius 3 is 3.00 bits per heavy atom. The maximum atomic E-state index is 10.4. The third kappa shape index (κ3) is 2.61. The zero-order chi connectivity index (χ0) is 9.68. The first kappa shape index (κ1) is 9.83. The number of aldehydes is 1. The van der Waals surface area contributed by atoms with Crippen molar-refractivity contribution in [3.8, 4) is 0 Å². The van der Waals surface area contributed by atoms with Gasteiger partial charge in [0.2, 0.25) is 0 Å². The van der Waals surface area contributed by atoms with Gasteiger partial charge in [0, 0.05) is 12.6 Å². The van der Waals surface area contributed by atoms with Gasteiger partial charge in [0.1, 0.15) is 5.69 Å². The average Bonchev–Trinajstić information content (AvgIpc) is 2.18. The van der Waals surface area contributed by atoms with E-state index in [1.807, 2.05) is 0 Å². The fraction of sp³-hybridized carbons (Fsp3) is 0.333. The highest BCUT2D eigenvalue weighted by molar-refractivity contribution is 5.71. The predicted octanol–water partition coefficient (Wildman–Crippen LogP) is 0.276. The minimum absolute atomic E-state index is 0.0220. The molecule has 1 atom stereocenters. The number of carbonyl (C=O) groups excluding carboxylic acids is 1. The molecule has 1 aromatic rings. The molecule has 4 nitrogen and oxygen atoms in total. The van der Waals surface area contributed by atoms with Gasteiger partial charge >= 0.3 is 0 Å². The molecule has 0 radical (unpaired) electrons. The van der Waals surface area contributed by atoms with Gasteiger partial charge in [-0.25, -0.2) is 4.98 Å². The zero-order valence-electron chi connectivity index (χ0n) is 7.18. The standard InChI is InChI=1S/C9H12N2O2/c10-8(4-5-12)9-3-1-2-7(6-13)11-9/h1-3,6,8,12H,4-5,10H2/t8-/m1/s1. The Morgan fingerprint density at radius 1 is 1.62 bits per heavy atom. The molecule has 0 aliphatic heterocycles. The van der Waals surface area contributed by atoms with Crippen molar-refractivity contribution < 1.29 is 9.90 Å². The minimum Gasteiger partial charge on any atom is -0.396 e. The van der Waals surface area contributed by atoms with Crippen LogP contribution >= 0.6 is 0 Å². The number of nitrogens with zero attached hydrogens (tertiary/aromatic N) is 1. The van der Waals surface area contributed by atoms with E-state index in [-0.39, 0.29) is 12.6 Å². The average molecular weight is 180 g/mol. The highest BCUT2D eigenvalue weighted by atomic mass is 16.3. The summed E-state index contributed by atoms with van der Waals surface area (Å²) in [5.74, 6) is 0. The number of aromatic nitrogens is 1. The van der Waals surface area contributed by atoms with Gasteiger partial charge < -0.3 is 10.8 Å². The molecule has 1 aromatic heterocycles. The van der Waals surface area contributed by atoms with Crippen molar-refractivity contribution >= 4 is 6.29 Å².